The van der Waals surface area contributed by atoms with Gasteiger partial charge in [-0.2, -0.15) is 40.5 Å². The Bertz CT molecular complexity index is 4120. The fourth-order valence-electron chi connectivity index (χ4n) is 9.64. The second-order valence-electron chi connectivity index (χ2n) is 27.4. The summed E-state index contributed by atoms with van der Waals surface area (Å²) in [6, 6.07) is 16.3. The number of likely N-dealkylation sites (N-methyl/N-ethyl adjacent to an activating group) is 2. The van der Waals surface area contributed by atoms with Crippen LogP contribution >= 0.6 is 122 Å². The zero-order chi connectivity index (χ0) is 70.9. The summed E-state index contributed by atoms with van der Waals surface area (Å²) in [6.07, 6.45) is 5.06. The largest absolute Gasteiger partial charge is 0.467 e. The number of alkyl carbamates (subject to hydrolysis) is 1. The van der Waals surface area contributed by atoms with Gasteiger partial charge in [0, 0.05) is 70.8 Å². The number of anilines is 3. The van der Waals surface area contributed by atoms with E-state index in [-0.39, 0.29) is 94.5 Å². The average Bonchev–Trinajstić information content (AvgIpc) is 1.61. The van der Waals surface area contributed by atoms with E-state index in [1.165, 1.54) is 42.9 Å². The number of carbonyl (C=O) groups excluding carboxylic acids is 4. The topological polar surface area (TPSA) is 229 Å². The van der Waals surface area contributed by atoms with Gasteiger partial charge >= 0.3 is 24.4 Å². The predicted molar refractivity (Wildman–Crippen MR) is 427 cm³/mol. The van der Waals surface area contributed by atoms with Crippen LogP contribution in [-0.4, -0.2) is 98.8 Å². The number of fused-ring (bicyclic) bond motifs is 3. The molecule has 4 amide bonds. The van der Waals surface area contributed by atoms with E-state index in [0.29, 0.717) is 64.5 Å². The van der Waals surface area contributed by atoms with Gasteiger partial charge < -0.3 is 53.0 Å². The highest BCUT2D eigenvalue weighted by atomic mass is 35.5. The molecule has 30 heteroatoms. The van der Waals surface area contributed by atoms with Crippen molar-refractivity contribution in [3.05, 3.63) is 137 Å². The summed E-state index contributed by atoms with van der Waals surface area (Å²) in [5.74, 6) is 2.10. The zero-order valence-corrected chi connectivity index (χ0v) is 68.9. The lowest BCUT2D eigenvalue weighted by atomic mass is 10.1. The maximum Gasteiger partial charge on any atom is 0.415 e. The van der Waals surface area contributed by atoms with Crippen LogP contribution in [0.5, 0.6) is 0 Å². The minimum Gasteiger partial charge on any atom is -0.467 e. The van der Waals surface area contributed by atoms with Gasteiger partial charge in [0.05, 0.1) is 86.1 Å². The van der Waals surface area contributed by atoms with Crippen molar-refractivity contribution in [2.75, 3.05) is 29.2 Å². The summed E-state index contributed by atoms with van der Waals surface area (Å²) >= 11 is 23.9. The number of aryl methyl sites for hydroxylation is 3. The van der Waals surface area contributed by atoms with E-state index >= 15 is 0 Å². The molecule has 0 unspecified atom stereocenters. The highest BCUT2D eigenvalue weighted by Crippen LogP contribution is 2.43. The summed E-state index contributed by atoms with van der Waals surface area (Å²) in [5, 5.41) is 10.6. The molecule has 100 heavy (non-hydrogen) atoms. The van der Waals surface area contributed by atoms with E-state index in [9.17, 15) is 19.2 Å². The number of hydrogen-bond donors (Lipinski definition) is 3. The number of carbonyl (C=O) groups is 4. The van der Waals surface area contributed by atoms with Crippen molar-refractivity contribution < 1.29 is 51.4 Å². The number of amides is 4. The van der Waals surface area contributed by atoms with E-state index in [0.717, 1.165) is 58.4 Å². The lowest BCUT2D eigenvalue weighted by molar-refractivity contribution is 0.0235. The Morgan fingerprint density at radius 2 is 0.890 bits per heavy atom. The Morgan fingerprint density at radius 3 is 1.28 bits per heavy atom. The third-order valence-corrected chi connectivity index (χ3v) is 19.0. The van der Waals surface area contributed by atoms with Crippen LogP contribution in [0.3, 0.4) is 0 Å². The monoisotopic (exact) mass is 1570 g/mol. The Labute approximate surface area is 641 Å². The fraction of sp³-hybridized carbons (Fsp3) is 0.471. The second kappa shape index (κ2) is 37.6. The number of halogens is 4. The highest BCUT2D eigenvalue weighted by Gasteiger charge is 2.32. The van der Waals surface area contributed by atoms with Crippen LogP contribution < -0.4 is 25.8 Å². The fourth-order valence-corrected chi connectivity index (χ4v) is 14.4. The second-order valence-corrected chi connectivity index (χ2v) is 31.9. The van der Waals surface area contributed by atoms with Crippen molar-refractivity contribution in [3.63, 3.8) is 0 Å². The molecule has 0 fully saturated rings. The van der Waals surface area contributed by atoms with E-state index in [4.69, 9.17) is 67.0 Å². The molecule has 0 spiro atoms. The van der Waals surface area contributed by atoms with Crippen LogP contribution in [0.1, 0.15) is 152 Å². The quantitative estimate of drug-likeness (QED) is 0.0536. The van der Waals surface area contributed by atoms with Gasteiger partial charge in [0.25, 0.3) is 0 Å². The number of nitrogens with one attached hydrogen (secondary N) is 3. The summed E-state index contributed by atoms with van der Waals surface area (Å²) in [7, 11) is 3.72. The van der Waals surface area contributed by atoms with Crippen molar-refractivity contribution in [1.29, 1.82) is 0 Å². The van der Waals surface area contributed by atoms with Crippen LogP contribution in [0.4, 0.5) is 36.2 Å². The molecule has 3 N–H and O–H groups in total. The third kappa shape index (κ3) is 25.3. The Morgan fingerprint density at radius 1 is 0.530 bits per heavy atom. The number of furan rings is 3. The Kier molecular flexibility index (Phi) is 33.2. The average molecular weight is 1570 g/mol. The number of ether oxygens (including phenoxy) is 4. The molecule has 3 atom stereocenters. The molecular formula is C70H97Cl4N9O11S6. The van der Waals surface area contributed by atoms with Crippen LogP contribution in [0.2, 0.25) is 15.5 Å². The van der Waals surface area contributed by atoms with Gasteiger partial charge in [-0.15, -0.1) is 46.4 Å². The molecule has 0 radical (unpaired) electrons. The van der Waals surface area contributed by atoms with E-state index < -0.39 is 40.7 Å². The molecule has 0 aliphatic heterocycles. The van der Waals surface area contributed by atoms with Crippen LogP contribution in [0, 0.1) is 20.8 Å². The number of rotatable bonds is 18. The van der Waals surface area contributed by atoms with Gasteiger partial charge in [-0.1, -0.05) is 34.8 Å². The Balaban J connectivity index is 0.000000392. The Hall–Kier alpha value is -5.78. The van der Waals surface area contributed by atoms with Gasteiger partial charge in [-0.25, -0.2) is 34.1 Å². The number of pyridine rings is 3. The van der Waals surface area contributed by atoms with Gasteiger partial charge in [0.15, 0.2) is 0 Å². The SMILES string of the molecule is CN[C@@H](C)Cc1sc2c(NCc3ccco3)cc(Cl)nc2c1C.Cc1c(C[C@H](C)N(C)C(=O)OC(C)(C)C)sc2c(N(Cc3ccco3)C(=O)OC(C)(C)C)cc(Cl)nc12.Cc1c(C[C@H](C)NC(=O)OC(C)(C)C)sc2c(N(Cc3ccco3)C(=O)OC(C)(C)C)cc(Cl)nc12.Cl.S.S.S. The number of thiophene rings is 3. The minimum atomic E-state index is -0.688. The minimum absolute atomic E-state index is 0. The summed E-state index contributed by atoms with van der Waals surface area (Å²) in [5.41, 5.74) is 5.17. The van der Waals surface area contributed by atoms with Crippen molar-refractivity contribution in [2.24, 2.45) is 0 Å². The summed E-state index contributed by atoms with van der Waals surface area (Å²) < 4.78 is 41.5. The van der Waals surface area contributed by atoms with Crippen molar-refractivity contribution in [2.45, 2.75) is 204 Å². The molecule has 9 rings (SSSR count). The molecular weight excluding hydrogens is 1480 g/mol. The third-order valence-electron chi connectivity index (χ3n) is 14.5. The first-order chi connectivity index (χ1) is 44.8. The molecule has 9 aromatic rings. The molecule has 20 nitrogen and oxygen atoms in total. The zero-order valence-electron chi connectivity index (χ0n) is 60.3. The van der Waals surface area contributed by atoms with Gasteiger partial charge in [0.2, 0.25) is 0 Å². The molecule has 0 aromatic carbocycles. The normalized spacial score (nSPS) is 12.3. The number of aromatic nitrogens is 3. The lowest BCUT2D eigenvalue weighted by Gasteiger charge is -2.28. The first-order valence-corrected chi connectivity index (χ1v) is 35.0. The molecule has 552 valence electrons. The van der Waals surface area contributed by atoms with Gasteiger partial charge in [-0.3, -0.25) is 9.80 Å². The molecule has 0 aliphatic carbocycles. The standard InChI is InChI=1S/C27H36ClN3O5S.C26H34ClN3O5S.C17H20ClN3OS.ClH.3H2S/c1-16(30(9)24(32)35-26(3,4)5)13-20-17(2)22-23(37-20)19(14-21(28)29-22)31(15-18-11-10-12-34-18)25(33)36-27(6,7)8;1-15(28-23(31)34-25(3,4)5)12-19-16(2)21-22(36-19)18(13-20(27)29-21)30(14-17-10-9-11-33-17)24(32)35-26(6,7)8;1-10(19-3)7-14-11(2)16-17(23-14)13(8-15(18)21-16)20-9-12-5-4-6-22-12;;;;/h10-12,14,16H,13,15H2,1-9H3;9-11,13,15H,12,14H2,1-8H3,(H,28,31);4-6,8,10,19H,7,9H2,1-3H3,(H,20,21);1H;3*1H2/t16-;15-;10-;;;;/m000..../s1. The van der Waals surface area contributed by atoms with Crippen LogP contribution in [0.25, 0.3) is 30.6 Å². The number of hydrogen-bond acceptors (Lipinski definition) is 19. The van der Waals surface area contributed by atoms with Gasteiger partial charge in [0.1, 0.15) is 55.1 Å². The summed E-state index contributed by atoms with van der Waals surface area (Å²) in [4.78, 5) is 73.1. The van der Waals surface area contributed by atoms with E-state index in [1.54, 1.807) is 78.5 Å². The van der Waals surface area contributed by atoms with Crippen molar-refractivity contribution in [3.8, 4) is 0 Å². The lowest BCUT2D eigenvalue weighted by Crippen LogP contribution is -2.40. The van der Waals surface area contributed by atoms with Crippen LogP contribution in [0.15, 0.2) is 86.6 Å². The van der Waals surface area contributed by atoms with Gasteiger partial charge in [-0.05, 0) is 191 Å². The first kappa shape index (κ1) is 88.4. The molecule has 9 heterocycles. The molecule has 0 saturated heterocycles. The van der Waals surface area contributed by atoms with E-state index in [1.807, 2.05) is 136 Å². The maximum absolute atomic E-state index is 13.3. The first-order valence-electron chi connectivity index (χ1n) is 31.5. The predicted octanol–water partition coefficient (Wildman–Crippen LogP) is 20.2. The van der Waals surface area contributed by atoms with Crippen molar-refractivity contribution in [1.82, 2.24) is 30.5 Å². The highest BCUT2D eigenvalue weighted by molar-refractivity contribution is 7.59. The van der Waals surface area contributed by atoms with Crippen molar-refractivity contribution >= 4 is 194 Å². The molecule has 0 aliphatic rings. The molecule has 0 saturated carbocycles. The maximum atomic E-state index is 13.3. The molecule has 0 bridgehead atoms. The molecule has 9 aromatic heterocycles. The number of nitrogens with zero attached hydrogens (tertiary/aromatic N) is 6. The van der Waals surface area contributed by atoms with Crippen LogP contribution in [-0.2, 0) is 57.8 Å². The smallest absolute Gasteiger partial charge is 0.415 e. The van der Waals surface area contributed by atoms with E-state index in [2.05, 4.69) is 44.7 Å². The summed E-state index contributed by atoms with van der Waals surface area (Å²) in [6.45, 7) is 35.0.